The number of nitrogens with zero attached hydrogens (tertiary/aromatic N) is 2. The third-order valence-electron chi connectivity index (χ3n) is 3.04. The summed E-state index contributed by atoms with van der Waals surface area (Å²) in [6.45, 7) is 0.0522. The van der Waals surface area contributed by atoms with E-state index >= 15 is 0 Å². The number of benzene rings is 1. The van der Waals surface area contributed by atoms with Crippen LogP contribution in [0, 0.1) is 0 Å². The molecule has 0 radical (unpaired) electrons. The van der Waals surface area contributed by atoms with Crippen molar-refractivity contribution in [2.75, 3.05) is 13.9 Å². The highest BCUT2D eigenvalue weighted by Crippen LogP contribution is 2.26. The van der Waals surface area contributed by atoms with Crippen molar-refractivity contribution in [1.82, 2.24) is 9.97 Å². The molecule has 0 amide bonds. The Hall–Kier alpha value is -2.53. The van der Waals surface area contributed by atoms with Gasteiger partial charge in [-0.05, 0) is 30.3 Å². The number of hydrogen-bond donors (Lipinski definition) is 0. The standard InChI is InChI=1S/C16H13ClN2O3/c1-20-11-2-4-12(5-3-11)21-10-22-15-8-16(17)19-14-6-7-18-9-13(14)15/h2-9H,10H2,1H3. The summed E-state index contributed by atoms with van der Waals surface area (Å²) < 4.78 is 16.3. The minimum absolute atomic E-state index is 0.0522. The molecule has 0 aliphatic carbocycles. The van der Waals surface area contributed by atoms with Crippen molar-refractivity contribution >= 4 is 22.5 Å². The number of hydrogen-bond acceptors (Lipinski definition) is 5. The predicted molar refractivity (Wildman–Crippen MR) is 83.7 cm³/mol. The number of rotatable bonds is 5. The molecule has 0 aliphatic heterocycles. The van der Waals surface area contributed by atoms with E-state index in [1.165, 1.54) is 0 Å². The van der Waals surface area contributed by atoms with Gasteiger partial charge in [0.2, 0.25) is 6.79 Å². The summed E-state index contributed by atoms with van der Waals surface area (Å²) in [5, 5.41) is 1.14. The van der Waals surface area contributed by atoms with Gasteiger partial charge in [-0.3, -0.25) is 4.98 Å². The number of halogens is 1. The van der Waals surface area contributed by atoms with Crippen LogP contribution < -0.4 is 14.2 Å². The van der Waals surface area contributed by atoms with Crippen LogP contribution in [-0.4, -0.2) is 23.9 Å². The summed E-state index contributed by atoms with van der Waals surface area (Å²) in [4.78, 5) is 8.28. The molecule has 3 rings (SSSR count). The summed E-state index contributed by atoms with van der Waals surface area (Å²) >= 11 is 5.99. The van der Waals surface area contributed by atoms with Crippen molar-refractivity contribution in [3.05, 3.63) is 53.9 Å². The second kappa shape index (κ2) is 6.49. The molecule has 0 aliphatic rings. The van der Waals surface area contributed by atoms with Crippen molar-refractivity contribution in [1.29, 1.82) is 0 Å². The molecular formula is C16H13ClN2O3. The molecular weight excluding hydrogens is 304 g/mol. The van der Waals surface area contributed by atoms with Gasteiger partial charge in [0.15, 0.2) is 0 Å². The van der Waals surface area contributed by atoms with Crippen LogP contribution in [0.5, 0.6) is 17.2 Å². The lowest BCUT2D eigenvalue weighted by Crippen LogP contribution is -2.06. The summed E-state index contributed by atoms with van der Waals surface area (Å²) in [5.41, 5.74) is 0.724. The molecule has 3 aromatic rings. The zero-order chi connectivity index (χ0) is 15.4. The maximum Gasteiger partial charge on any atom is 0.230 e. The molecule has 0 atom stereocenters. The van der Waals surface area contributed by atoms with Gasteiger partial charge < -0.3 is 14.2 Å². The summed E-state index contributed by atoms with van der Waals surface area (Å²) in [7, 11) is 1.62. The smallest absolute Gasteiger partial charge is 0.230 e. The fraction of sp³-hybridized carbons (Fsp3) is 0.125. The Balaban J connectivity index is 1.71. The monoisotopic (exact) mass is 316 g/mol. The minimum atomic E-state index is 0.0522. The SMILES string of the molecule is COc1ccc(OCOc2cc(Cl)nc3ccncc23)cc1. The van der Waals surface area contributed by atoms with E-state index in [0.717, 1.165) is 16.7 Å². The number of pyridine rings is 2. The lowest BCUT2D eigenvalue weighted by atomic mass is 10.2. The minimum Gasteiger partial charge on any atom is -0.497 e. The first kappa shape index (κ1) is 14.4. The average Bonchev–Trinajstić information content (AvgIpc) is 2.55. The molecule has 22 heavy (non-hydrogen) atoms. The molecule has 0 bridgehead atoms. The average molecular weight is 317 g/mol. The Morgan fingerprint density at radius 2 is 1.82 bits per heavy atom. The van der Waals surface area contributed by atoms with E-state index in [1.807, 2.05) is 12.1 Å². The quantitative estimate of drug-likeness (QED) is 0.530. The predicted octanol–water partition coefficient (Wildman–Crippen LogP) is 3.71. The van der Waals surface area contributed by atoms with Gasteiger partial charge in [-0.25, -0.2) is 4.98 Å². The number of methoxy groups -OCH3 is 1. The Morgan fingerprint density at radius 3 is 2.59 bits per heavy atom. The van der Waals surface area contributed by atoms with Crippen LogP contribution in [0.3, 0.4) is 0 Å². The molecule has 0 saturated carbocycles. The molecule has 0 fully saturated rings. The van der Waals surface area contributed by atoms with E-state index in [-0.39, 0.29) is 6.79 Å². The lowest BCUT2D eigenvalue weighted by molar-refractivity contribution is 0.121. The summed E-state index contributed by atoms with van der Waals surface area (Å²) in [6.07, 6.45) is 3.34. The van der Waals surface area contributed by atoms with Crippen molar-refractivity contribution in [2.45, 2.75) is 0 Å². The number of fused-ring (bicyclic) bond motifs is 1. The second-order valence-corrected chi connectivity index (χ2v) is 4.81. The first-order valence-electron chi connectivity index (χ1n) is 6.56. The van der Waals surface area contributed by atoms with E-state index in [4.69, 9.17) is 25.8 Å². The molecule has 0 saturated heterocycles. The van der Waals surface area contributed by atoms with Gasteiger partial charge in [0.1, 0.15) is 22.4 Å². The molecule has 0 spiro atoms. The topological polar surface area (TPSA) is 53.5 Å². The molecule has 0 unspecified atom stereocenters. The van der Waals surface area contributed by atoms with Gasteiger partial charge in [0.05, 0.1) is 18.0 Å². The van der Waals surface area contributed by atoms with Crippen molar-refractivity contribution in [2.24, 2.45) is 0 Å². The highest BCUT2D eigenvalue weighted by atomic mass is 35.5. The van der Waals surface area contributed by atoms with Crippen molar-refractivity contribution in [3.8, 4) is 17.2 Å². The maximum atomic E-state index is 5.99. The van der Waals surface area contributed by atoms with Crippen LogP contribution in [0.25, 0.3) is 10.9 Å². The molecule has 1 aromatic carbocycles. The summed E-state index contributed by atoms with van der Waals surface area (Å²) in [5.74, 6) is 2.03. The highest BCUT2D eigenvalue weighted by molar-refractivity contribution is 6.30. The zero-order valence-corrected chi connectivity index (χ0v) is 12.6. The fourth-order valence-corrected chi connectivity index (χ4v) is 2.15. The Labute approximate surface area is 132 Å². The Kier molecular flexibility index (Phi) is 4.25. The van der Waals surface area contributed by atoms with E-state index < -0.39 is 0 Å². The maximum absolute atomic E-state index is 5.99. The molecule has 2 aromatic heterocycles. The summed E-state index contributed by atoms with van der Waals surface area (Å²) in [6, 6.07) is 10.7. The molecule has 0 N–H and O–H groups in total. The van der Waals surface area contributed by atoms with Crippen LogP contribution >= 0.6 is 11.6 Å². The third kappa shape index (κ3) is 3.20. The lowest BCUT2D eigenvalue weighted by Gasteiger charge is -2.11. The van der Waals surface area contributed by atoms with E-state index in [2.05, 4.69) is 9.97 Å². The largest absolute Gasteiger partial charge is 0.497 e. The third-order valence-corrected chi connectivity index (χ3v) is 3.23. The second-order valence-electron chi connectivity index (χ2n) is 4.42. The Bertz CT molecular complexity index is 778. The Morgan fingerprint density at radius 1 is 1.05 bits per heavy atom. The first-order valence-corrected chi connectivity index (χ1v) is 6.94. The van der Waals surface area contributed by atoms with Crippen molar-refractivity contribution in [3.63, 3.8) is 0 Å². The van der Waals surface area contributed by atoms with Crippen LogP contribution in [0.15, 0.2) is 48.8 Å². The normalized spacial score (nSPS) is 10.5. The molecule has 2 heterocycles. The van der Waals surface area contributed by atoms with Crippen LogP contribution in [0.4, 0.5) is 0 Å². The van der Waals surface area contributed by atoms with Gasteiger partial charge in [-0.1, -0.05) is 11.6 Å². The van der Waals surface area contributed by atoms with Gasteiger partial charge >= 0.3 is 0 Å². The molecule has 6 heteroatoms. The van der Waals surface area contributed by atoms with Gasteiger partial charge in [-0.15, -0.1) is 0 Å². The number of aromatic nitrogens is 2. The molecule has 112 valence electrons. The van der Waals surface area contributed by atoms with Crippen LogP contribution in [0.1, 0.15) is 0 Å². The van der Waals surface area contributed by atoms with Gasteiger partial charge in [-0.2, -0.15) is 0 Å². The van der Waals surface area contributed by atoms with E-state index in [9.17, 15) is 0 Å². The number of ether oxygens (including phenoxy) is 3. The van der Waals surface area contributed by atoms with Crippen molar-refractivity contribution < 1.29 is 14.2 Å². The molecule has 5 nitrogen and oxygen atoms in total. The first-order chi connectivity index (χ1) is 10.8. The van der Waals surface area contributed by atoms with Gasteiger partial charge in [0, 0.05) is 18.5 Å². The fourth-order valence-electron chi connectivity index (χ4n) is 1.96. The van der Waals surface area contributed by atoms with Crippen LogP contribution in [-0.2, 0) is 0 Å². The highest BCUT2D eigenvalue weighted by Gasteiger charge is 2.06. The van der Waals surface area contributed by atoms with Crippen LogP contribution in [0.2, 0.25) is 5.15 Å². The zero-order valence-electron chi connectivity index (χ0n) is 11.8. The van der Waals surface area contributed by atoms with E-state index in [1.54, 1.807) is 43.8 Å². The van der Waals surface area contributed by atoms with Gasteiger partial charge in [0.25, 0.3) is 0 Å². The van der Waals surface area contributed by atoms with E-state index in [0.29, 0.717) is 16.7 Å².